The van der Waals surface area contributed by atoms with Gasteiger partial charge in [-0.25, -0.2) is 29.3 Å². The van der Waals surface area contributed by atoms with Gasteiger partial charge in [-0.3, -0.25) is 9.97 Å². The summed E-state index contributed by atoms with van der Waals surface area (Å²) in [5.74, 6) is 3.64. The Bertz CT molecular complexity index is 2750. The lowest BCUT2D eigenvalue weighted by atomic mass is 9.90. The van der Waals surface area contributed by atoms with E-state index in [1.165, 1.54) is 0 Å². The van der Waals surface area contributed by atoms with Crippen molar-refractivity contribution < 1.29 is 19.7 Å². The summed E-state index contributed by atoms with van der Waals surface area (Å²) in [6, 6.07) is 23.0. The Hall–Kier alpha value is -7.56. The Morgan fingerprint density at radius 2 is 1.03 bits per heavy atom. The molecule has 6 aromatic heterocycles. The lowest BCUT2D eigenvalue weighted by Crippen LogP contribution is -2.36. The summed E-state index contributed by atoms with van der Waals surface area (Å²) in [6.07, 6.45) is 21.1. The van der Waals surface area contributed by atoms with E-state index >= 15 is 0 Å². The van der Waals surface area contributed by atoms with Crippen LogP contribution in [0.2, 0.25) is 0 Å². The number of aryl methyl sites for hydroxylation is 4. The van der Waals surface area contributed by atoms with Crippen molar-refractivity contribution in [2.45, 2.75) is 63.8 Å². The molecule has 0 fully saturated rings. The van der Waals surface area contributed by atoms with Crippen molar-refractivity contribution in [1.29, 1.82) is 0 Å². The molecule has 2 N–H and O–H groups in total. The fourth-order valence-corrected chi connectivity index (χ4v) is 8.15. The molecule has 16 heteroatoms. The molecule has 0 unspecified atom stereocenters. The molecule has 0 radical (unpaired) electrons. The summed E-state index contributed by atoms with van der Waals surface area (Å²) in [7, 11) is 3.30. The molecule has 8 heterocycles. The molecule has 0 saturated carbocycles. The zero-order valence-corrected chi connectivity index (χ0v) is 36.0. The van der Waals surface area contributed by atoms with Crippen LogP contribution < -0.4 is 9.47 Å². The van der Waals surface area contributed by atoms with Gasteiger partial charge in [-0.05, 0) is 111 Å². The average molecular weight is 857 g/mol. The van der Waals surface area contributed by atoms with E-state index in [0.29, 0.717) is 47.5 Å². The summed E-state index contributed by atoms with van der Waals surface area (Å²) in [5, 5.41) is 31.9. The molecule has 0 saturated heterocycles. The van der Waals surface area contributed by atoms with Crippen molar-refractivity contribution in [3.8, 4) is 22.9 Å². The molecular weight excluding hydrogens is 809 g/mol. The summed E-state index contributed by atoms with van der Waals surface area (Å²) >= 11 is 0. The molecule has 8 aromatic rings. The van der Waals surface area contributed by atoms with Crippen molar-refractivity contribution in [1.82, 2.24) is 58.6 Å². The second kappa shape index (κ2) is 17.7. The number of aromatic nitrogens is 12. The Kier molecular flexibility index (Phi) is 11.5. The van der Waals surface area contributed by atoms with Crippen molar-refractivity contribution >= 4 is 24.3 Å². The third-order valence-electron chi connectivity index (χ3n) is 11.3. The van der Waals surface area contributed by atoms with Crippen LogP contribution in [0.3, 0.4) is 0 Å². The highest BCUT2D eigenvalue weighted by Crippen LogP contribution is 2.37. The lowest BCUT2D eigenvalue weighted by Gasteiger charge is -2.30. The van der Waals surface area contributed by atoms with E-state index in [1.807, 2.05) is 132 Å². The van der Waals surface area contributed by atoms with Crippen LogP contribution in [0.15, 0.2) is 110 Å². The number of methoxy groups -OCH3 is 2. The van der Waals surface area contributed by atoms with E-state index in [4.69, 9.17) is 9.47 Å². The molecule has 2 aliphatic heterocycles. The zero-order chi connectivity index (χ0) is 44.3. The number of fused-ring (bicyclic) bond motifs is 2. The first-order valence-electron chi connectivity index (χ1n) is 21.1. The van der Waals surface area contributed by atoms with Gasteiger partial charge < -0.3 is 28.8 Å². The first-order valence-corrected chi connectivity index (χ1v) is 21.1. The molecule has 10 rings (SSSR count). The highest BCUT2D eigenvalue weighted by atomic mass is 16.5. The van der Waals surface area contributed by atoms with Gasteiger partial charge in [-0.1, -0.05) is 36.4 Å². The molecule has 2 aliphatic rings. The molecule has 0 spiro atoms. The molecule has 324 valence electrons. The number of nitrogens with zero attached hydrogens (tertiary/aromatic N) is 12. The highest BCUT2D eigenvalue weighted by molar-refractivity contribution is 5.70. The largest absolute Gasteiger partial charge is 0.495 e. The number of pyridine rings is 2. The fraction of sp³-hybridized carbons (Fsp3) is 0.250. The van der Waals surface area contributed by atoms with E-state index in [1.54, 1.807) is 48.6 Å². The summed E-state index contributed by atoms with van der Waals surface area (Å²) < 4.78 is 18.6. The van der Waals surface area contributed by atoms with E-state index in [0.717, 1.165) is 71.3 Å². The standard InChI is InChI=1S/2C24H24N6O2/c2*1-17-15-29(16-26-17)19-9-7-18(14-20(19)32-2)8-10-22-27-23-24(31,11-5-13-30(23)28-22)21-6-3-4-12-25-21/h2*3-4,6-10,12,14-16,31H,5,11,13H2,1-2H3/b2*10-8+/t2*24-/m10/s1. The predicted octanol–water partition coefficient (Wildman–Crippen LogP) is 6.75. The minimum atomic E-state index is -1.23. The molecule has 0 aliphatic carbocycles. The number of benzene rings is 2. The maximum absolute atomic E-state index is 11.4. The summed E-state index contributed by atoms with van der Waals surface area (Å²) in [4.78, 5) is 26.6. The monoisotopic (exact) mass is 856 g/mol. The van der Waals surface area contributed by atoms with Gasteiger partial charge in [0.15, 0.2) is 34.5 Å². The van der Waals surface area contributed by atoms with E-state index < -0.39 is 11.2 Å². The predicted molar refractivity (Wildman–Crippen MR) is 241 cm³/mol. The topological polar surface area (TPSA) is 182 Å². The van der Waals surface area contributed by atoms with Gasteiger partial charge in [-0.2, -0.15) is 10.2 Å². The first-order chi connectivity index (χ1) is 31.1. The average Bonchev–Trinajstić information content (AvgIpc) is 4.16. The van der Waals surface area contributed by atoms with Crippen molar-refractivity contribution in [3.05, 3.63) is 167 Å². The van der Waals surface area contributed by atoms with E-state index in [9.17, 15) is 10.2 Å². The SMILES string of the molecule is COc1cc(/C=C/c2nc3n(n2)CCC[C@@]3(O)c2ccccn2)ccc1-n1cnc(C)c1.COc1cc(/C=C/c2nc3n(n2)CCC[C@]3(O)c2ccccn2)ccc1-n1cnc(C)c1. The van der Waals surface area contributed by atoms with Gasteiger partial charge in [0, 0.05) is 37.9 Å². The Morgan fingerprint density at radius 1 is 0.578 bits per heavy atom. The number of aliphatic hydroxyl groups is 2. The molecular formula is C48H48N12O4. The second-order valence-corrected chi connectivity index (χ2v) is 15.8. The molecule has 64 heavy (non-hydrogen) atoms. The van der Waals surface area contributed by atoms with Gasteiger partial charge in [0.1, 0.15) is 11.5 Å². The molecule has 2 atom stereocenters. The molecule has 0 bridgehead atoms. The van der Waals surface area contributed by atoms with Gasteiger partial charge >= 0.3 is 0 Å². The van der Waals surface area contributed by atoms with Crippen LogP contribution in [0, 0.1) is 13.8 Å². The lowest BCUT2D eigenvalue weighted by molar-refractivity contribution is 0.0351. The van der Waals surface area contributed by atoms with Gasteiger partial charge in [0.05, 0.1) is 61.0 Å². The van der Waals surface area contributed by atoms with Crippen molar-refractivity contribution in [3.63, 3.8) is 0 Å². The number of imidazole rings is 2. The van der Waals surface area contributed by atoms with Crippen LogP contribution in [0.1, 0.15) is 82.9 Å². The van der Waals surface area contributed by atoms with E-state index in [-0.39, 0.29) is 0 Å². The van der Waals surface area contributed by atoms with Crippen LogP contribution in [0.4, 0.5) is 0 Å². The van der Waals surface area contributed by atoms with Crippen LogP contribution in [0.25, 0.3) is 35.7 Å². The quantitative estimate of drug-likeness (QED) is 0.148. The summed E-state index contributed by atoms with van der Waals surface area (Å²) in [6.45, 7) is 5.34. The third kappa shape index (κ3) is 8.35. The highest BCUT2D eigenvalue weighted by Gasteiger charge is 2.42. The Morgan fingerprint density at radius 3 is 1.41 bits per heavy atom. The molecule has 2 aromatic carbocycles. The smallest absolute Gasteiger partial charge is 0.174 e. The van der Waals surface area contributed by atoms with Crippen molar-refractivity contribution in [2.24, 2.45) is 0 Å². The van der Waals surface area contributed by atoms with Crippen LogP contribution >= 0.6 is 0 Å². The second-order valence-electron chi connectivity index (χ2n) is 15.8. The normalized spacial score (nSPS) is 18.1. The maximum Gasteiger partial charge on any atom is 0.174 e. The Balaban J connectivity index is 0.000000162. The molecule has 16 nitrogen and oxygen atoms in total. The Labute approximate surface area is 369 Å². The van der Waals surface area contributed by atoms with Gasteiger partial charge in [0.25, 0.3) is 0 Å². The minimum Gasteiger partial charge on any atom is -0.495 e. The van der Waals surface area contributed by atoms with Crippen LogP contribution in [-0.2, 0) is 24.3 Å². The number of ether oxygens (including phenoxy) is 2. The zero-order valence-electron chi connectivity index (χ0n) is 36.0. The fourth-order valence-electron chi connectivity index (χ4n) is 8.15. The van der Waals surface area contributed by atoms with Crippen molar-refractivity contribution in [2.75, 3.05) is 14.2 Å². The molecule has 0 amide bonds. The number of hydrogen-bond acceptors (Lipinski definition) is 12. The van der Waals surface area contributed by atoms with Crippen LogP contribution in [-0.4, -0.2) is 83.0 Å². The minimum absolute atomic E-state index is 0.533. The van der Waals surface area contributed by atoms with Gasteiger partial charge in [0.2, 0.25) is 0 Å². The summed E-state index contributed by atoms with van der Waals surface area (Å²) in [5.41, 5.74) is 4.36. The first kappa shape index (κ1) is 41.8. The maximum atomic E-state index is 11.4. The third-order valence-corrected chi connectivity index (χ3v) is 11.3. The van der Waals surface area contributed by atoms with Gasteiger partial charge in [-0.15, -0.1) is 0 Å². The number of rotatable bonds is 10. The van der Waals surface area contributed by atoms with Crippen LogP contribution in [0.5, 0.6) is 11.5 Å². The van der Waals surface area contributed by atoms with E-state index in [2.05, 4.69) is 40.1 Å². The number of hydrogen-bond donors (Lipinski definition) is 2.